The molecule has 4 heteroatoms. The number of nitrogens with one attached hydrogen (secondary N) is 1. The number of hydrogen-bond donors (Lipinski definition) is 2. The van der Waals surface area contributed by atoms with Gasteiger partial charge in [0.25, 0.3) is 5.91 Å². The van der Waals surface area contributed by atoms with Gasteiger partial charge in [-0.05, 0) is 31.0 Å². The van der Waals surface area contributed by atoms with Gasteiger partial charge in [0.2, 0.25) is 0 Å². The van der Waals surface area contributed by atoms with Crippen LogP contribution < -0.4 is 5.32 Å². The van der Waals surface area contributed by atoms with Crippen molar-refractivity contribution in [2.24, 2.45) is 0 Å². The maximum Gasteiger partial charge on any atom is 0.262 e. The molecule has 0 radical (unpaired) electrons. The van der Waals surface area contributed by atoms with Gasteiger partial charge < -0.3 is 10.4 Å². The molecule has 0 spiro atoms. The first kappa shape index (κ1) is 14.8. The average molecular weight is 289 g/mol. The van der Waals surface area contributed by atoms with Crippen LogP contribution in [0.15, 0.2) is 42.5 Å². The molecule has 0 saturated heterocycles. The molecule has 2 aromatic rings. The van der Waals surface area contributed by atoms with Crippen molar-refractivity contribution in [3.8, 4) is 0 Å². The minimum Gasteiger partial charge on any atom is -0.394 e. The topological polar surface area (TPSA) is 49.3 Å². The summed E-state index contributed by atoms with van der Waals surface area (Å²) in [6.45, 7) is 3.75. The van der Waals surface area contributed by atoms with Crippen LogP contribution in [0, 0.1) is 0 Å². The number of carbonyl (C=O) groups excluding carboxylic acids is 1. The number of hydrogen-bond acceptors (Lipinski definition) is 3. The number of rotatable bonds is 5. The van der Waals surface area contributed by atoms with E-state index in [2.05, 4.69) is 12.2 Å². The first-order chi connectivity index (χ1) is 9.59. The Labute approximate surface area is 123 Å². The van der Waals surface area contributed by atoms with Crippen LogP contribution in [0.2, 0.25) is 0 Å². The summed E-state index contributed by atoms with van der Waals surface area (Å²) < 4.78 is 0. The van der Waals surface area contributed by atoms with Crippen LogP contribution in [0.1, 0.15) is 34.0 Å². The third-order valence-electron chi connectivity index (χ3n) is 3.35. The van der Waals surface area contributed by atoms with E-state index in [4.69, 9.17) is 0 Å². The zero-order valence-electron chi connectivity index (χ0n) is 11.7. The summed E-state index contributed by atoms with van der Waals surface area (Å²) in [6.07, 6.45) is 0.925. The van der Waals surface area contributed by atoms with Gasteiger partial charge >= 0.3 is 0 Å². The average Bonchev–Trinajstić information content (AvgIpc) is 2.97. The Bertz CT molecular complexity index is 579. The van der Waals surface area contributed by atoms with Crippen molar-refractivity contribution in [2.45, 2.75) is 25.8 Å². The van der Waals surface area contributed by atoms with Crippen LogP contribution in [0.5, 0.6) is 0 Å². The minimum atomic E-state index is -0.769. The molecule has 1 aromatic carbocycles. The van der Waals surface area contributed by atoms with Crippen molar-refractivity contribution in [1.29, 1.82) is 0 Å². The third kappa shape index (κ3) is 3.08. The maximum atomic E-state index is 12.3. The molecule has 1 amide bonds. The molecule has 20 heavy (non-hydrogen) atoms. The lowest BCUT2D eigenvalue weighted by molar-refractivity contribution is 0.0854. The van der Waals surface area contributed by atoms with E-state index >= 15 is 0 Å². The van der Waals surface area contributed by atoms with Gasteiger partial charge in [-0.2, -0.15) is 0 Å². The highest BCUT2D eigenvalue weighted by molar-refractivity contribution is 7.14. The molecule has 106 valence electrons. The van der Waals surface area contributed by atoms with Crippen LogP contribution >= 0.6 is 11.3 Å². The smallest absolute Gasteiger partial charge is 0.262 e. The lowest BCUT2D eigenvalue weighted by Gasteiger charge is -2.29. The largest absolute Gasteiger partial charge is 0.394 e. The number of thiophene rings is 1. The fourth-order valence-electron chi connectivity index (χ4n) is 2.01. The van der Waals surface area contributed by atoms with Gasteiger partial charge in [-0.25, -0.2) is 0 Å². The van der Waals surface area contributed by atoms with E-state index in [1.54, 1.807) is 0 Å². The number of aliphatic hydroxyl groups is 1. The standard InChI is InChI=1S/C16H19NO2S/c1-3-13-9-10-14(20-13)15(19)17-16(2,11-18)12-7-5-4-6-8-12/h4-10,18H,3,11H2,1-2H3,(H,17,19). The molecule has 2 N–H and O–H groups in total. The van der Waals surface area contributed by atoms with Crippen molar-refractivity contribution in [3.63, 3.8) is 0 Å². The SMILES string of the molecule is CCc1ccc(C(=O)NC(C)(CO)c2ccccc2)s1. The second-order valence-corrected chi connectivity index (χ2v) is 6.10. The molecule has 0 aliphatic carbocycles. The van der Waals surface area contributed by atoms with E-state index in [0.29, 0.717) is 4.88 Å². The lowest BCUT2D eigenvalue weighted by atomic mass is 9.93. The Morgan fingerprint density at radius 3 is 2.50 bits per heavy atom. The van der Waals surface area contributed by atoms with Gasteiger partial charge in [-0.1, -0.05) is 37.3 Å². The summed E-state index contributed by atoms with van der Waals surface area (Å²) in [7, 11) is 0. The van der Waals surface area contributed by atoms with Crippen LogP contribution in [-0.4, -0.2) is 17.6 Å². The van der Waals surface area contributed by atoms with E-state index in [-0.39, 0.29) is 12.5 Å². The van der Waals surface area contributed by atoms with Crippen LogP contribution in [0.25, 0.3) is 0 Å². The van der Waals surface area contributed by atoms with Gasteiger partial charge in [-0.3, -0.25) is 4.79 Å². The first-order valence-corrected chi connectivity index (χ1v) is 7.48. The van der Waals surface area contributed by atoms with Crippen molar-refractivity contribution in [3.05, 3.63) is 57.8 Å². The molecule has 3 nitrogen and oxygen atoms in total. The molecule has 1 atom stereocenters. The molecule has 1 unspecified atom stereocenters. The van der Waals surface area contributed by atoms with Crippen molar-refractivity contribution in [2.75, 3.05) is 6.61 Å². The van der Waals surface area contributed by atoms with Gasteiger partial charge in [0.15, 0.2) is 0 Å². The Hall–Kier alpha value is -1.65. The molecule has 1 aromatic heterocycles. The number of benzene rings is 1. The molecule has 0 bridgehead atoms. The number of carbonyl (C=O) groups is 1. The molecule has 0 aliphatic rings. The fourth-order valence-corrected chi connectivity index (χ4v) is 2.85. The lowest BCUT2D eigenvalue weighted by Crippen LogP contribution is -2.46. The molecule has 0 saturated carbocycles. The molecule has 1 heterocycles. The normalized spacial score (nSPS) is 13.8. The molecule has 0 aliphatic heterocycles. The second kappa shape index (κ2) is 6.20. The van der Waals surface area contributed by atoms with Crippen LogP contribution in [-0.2, 0) is 12.0 Å². The first-order valence-electron chi connectivity index (χ1n) is 6.66. The Balaban J connectivity index is 2.19. The van der Waals surface area contributed by atoms with E-state index in [0.717, 1.165) is 12.0 Å². The summed E-state index contributed by atoms with van der Waals surface area (Å²) in [4.78, 5) is 14.2. The van der Waals surface area contributed by atoms with Crippen LogP contribution in [0.3, 0.4) is 0 Å². The zero-order chi connectivity index (χ0) is 14.6. The predicted octanol–water partition coefficient (Wildman–Crippen LogP) is 2.95. The second-order valence-electron chi connectivity index (χ2n) is 4.93. The van der Waals surface area contributed by atoms with Crippen molar-refractivity contribution >= 4 is 17.2 Å². The molecule has 2 rings (SSSR count). The summed E-state index contributed by atoms with van der Waals surface area (Å²) in [5.41, 5.74) is 0.123. The van der Waals surface area contributed by atoms with Gasteiger partial charge in [-0.15, -0.1) is 11.3 Å². The minimum absolute atomic E-state index is 0.143. The zero-order valence-corrected chi connectivity index (χ0v) is 12.5. The van der Waals surface area contributed by atoms with E-state index < -0.39 is 5.54 Å². The summed E-state index contributed by atoms with van der Waals surface area (Å²) in [5.74, 6) is -0.143. The summed E-state index contributed by atoms with van der Waals surface area (Å²) >= 11 is 1.49. The maximum absolute atomic E-state index is 12.3. The Kier molecular flexibility index (Phi) is 4.57. The number of aryl methyl sites for hydroxylation is 1. The Morgan fingerprint density at radius 2 is 1.95 bits per heavy atom. The van der Waals surface area contributed by atoms with E-state index in [9.17, 15) is 9.90 Å². The monoisotopic (exact) mass is 289 g/mol. The van der Waals surface area contributed by atoms with E-state index in [1.165, 1.54) is 16.2 Å². The highest BCUT2D eigenvalue weighted by Gasteiger charge is 2.28. The van der Waals surface area contributed by atoms with Crippen LogP contribution in [0.4, 0.5) is 0 Å². The predicted molar refractivity (Wildman–Crippen MR) is 82.0 cm³/mol. The highest BCUT2D eigenvalue weighted by Crippen LogP contribution is 2.22. The molecule has 0 fully saturated rings. The van der Waals surface area contributed by atoms with Gasteiger partial charge in [0.1, 0.15) is 0 Å². The van der Waals surface area contributed by atoms with Crippen molar-refractivity contribution in [1.82, 2.24) is 5.32 Å². The highest BCUT2D eigenvalue weighted by atomic mass is 32.1. The van der Waals surface area contributed by atoms with Gasteiger partial charge in [0, 0.05) is 4.88 Å². The fraction of sp³-hybridized carbons (Fsp3) is 0.312. The van der Waals surface area contributed by atoms with Crippen molar-refractivity contribution < 1.29 is 9.90 Å². The summed E-state index contributed by atoms with van der Waals surface area (Å²) in [5, 5.41) is 12.6. The van der Waals surface area contributed by atoms with E-state index in [1.807, 2.05) is 49.4 Å². The number of aliphatic hydroxyl groups excluding tert-OH is 1. The quantitative estimate of drug-likeness (QED) is 0.889. The number of amides is 1. The Morgan fingerprint density at radius 1 is 1.25 bits per heavy atom. The summed E-state index contributed by atoms with van der Waals surface area (Å²) in [6, 6.07) is 13.3. The third-order valence-corrected chi connectivity index (χ3v) is 4.58. The van der Waals surface area contributed by atoms with Gasteiger partial charge in [0.05, 0.1) is 17.0 Å². The molecular formula is C16H19NO2S. The molecular weight excluding hydrogens is 270 g/mol.